The maximum Gasteiger partial charge on any atom is 0.338 e. The molecule has 0 spiro atoms. The summed E-state index contributed by atoms with van der Waals surface area (Å²) in [6.45, 7) is 7.37. The van der Waals surface area contributed by atoms with Gasteiger partial charge in [0.15, 0.2) is 5.17 Å². The fraction of sp³-hybridized carbons (Fsp3) is 0.480. The molecule has 2 atom stereocenters. The highest BCUT2D eigenvalue weighted by molar-refractivity contribution is 8.16. The van der Waals surface area contributed by atoms with Crippen molar-refractivity contribution >= 4 is 28.8 Å². The van der Waals surface area contributed by atoms with E-state index < -0.39 is 12.0 Å². The van der Waals surface area contributed by atoms with E-state index in [4.69, 9.17) is 14.5 Å². The Kier molecular flexibility index (Phi) is 7.24. The highest BCUT2D eigenvalue weighted by atomic mass is 32.2. The van der Waals surface area contributed by atoms with Gasteiger partial charge in [0.05, 0.1) is 36.9 Å². The predicted octanol–water partition coefficient (Wildman–Crippen LogP) is 4.13. The van der Waals surface area contributed by atoms with Crippen LogP contribution in [0.3, 0.4) is 0 Å². The molecular weight excluding hydrogens is 438 g/mol. The van der Waals surface area contributed by atoms with Crippen LogP contribution in [-0.4, -0.2) is 48.3 Å². The summed E-state index contributed by atoms with van der Waals surface area (Å²) in [6.07, 6.45) is 2.92. The number of carbonyl (C=O) groups is 2. The molecule has 0 bridgehead atoms. The molecule has 3 aliphatic rings. The first-order valence-corrected chi connectivity index (χ1v) is 12.3. The van der Waals surface area contributed by atoms with Crippen molar-refractivity contribution in [1.29, 1.82) is 0 Å². The molecule has 7 nitrogen and oxygen atoms in total. The number of hydrogen-bond acceptors (Lipinski definition) is 7. The van der Waals surface area contributed by atoms with E-state index >= 15 is 0 Å². The van der Waals surface area contributed by atoms with Gasteiger partial charge < -0.3 is 19.7 Å². The number of ether oxygens (including phenoxy) is 2. The summed E-state index contributed by atoms with van der Waals surface area (Å²) in [4.78, 5) is 32.6. The summed E-state index contributed by atoms with van der Waals surface area (Å²) in [6, 6.07) is 5.83. The Balaban J connectivity index is 1.66. The normalized spacial score (nSPS) is 22.1. The van der Waals surface area contributed by atoms with Gasteiger partial charge in [-0.25, -0.2) is 9.79 Å². The van der Waals surface area contributed by atoms with Crippen molar-refractivity contribution in [3.63, 3.8) is 0 Å². The number of allylic oxidation sites excluding steroid dienone is 1. The molecule has 1 fully saturated rings. The van der Waals surface area contributed by atoms with Crippen LogP contribution >= 0.6 is 11.8 Å². The largest absolute Gasteiger partial charge is 0.466 e. The quantitative estimate of drug-likeness (QED) is 0.605. The van der Waals surface area contributed by atoms with E-state index in [0.29, 0.717) is 18.5 Å². The van der Waals surface area contributed by atoms with Crippen LogP contribution in [0.25, 0.3) is 0 Å². The maximum absolute atomic E-state index is 13.0. The number of esters is 1. The van der Waals surface area contributed by atoms with E-state index in [-0.39, 0.29) is 18.4 Å². The summed E-state index contributed by atoms with van der Waals surface area (Å²) in [5.41, 5.74) is 5.32. The number of fused-ring (bicyclic) bond motifs is 1. The molecule has 1 saturated heterocycles. The van der Waals surface area contributed by atoms with Crippen molar-refractivity contribution in [1.82, 2.24) is 10.2 Å². The van der Waals surface area contributed by atoms with E-state index in [1.807, 2.05) is 17.2 Å². The smallest absolute Gasteiger partial charge is 0.338 e. The Morgan fingerprint density at radius 1 is 1.33 bits per heavy atom. The standard InChI is InChI=1S/C25H31N3O4S/c1-5-20-22(24(30)31-4)23(19-9-8-15(2)11-16(19)3)28-17(14-33-25(28)27-20)12-21(29)26-13-18-7-6-10-32-18/h8-9,11,14,18,23H,5-7,10,12-13H2,1-4H3,(H,26,29)/t18-,23-/m0/s1. The minimum absolute atomic E-state index is 0.0668. The molecule has 1 aromatic carbocycles. The highest BCUT2D eigenvalue weighted by Crippen LogP contribution is 2.46. The SMILES string of the molecule is CCC1=C(C(=O)OC)[C@H](c2ccc(C)cc2C)N2C(CC(=O)NC[C@@H]3CCCO3)=CSC2=N1. The molecule has 1 aromatic rings. The lowest BCUT2D eigenvalue weighted by atomic mass is 9.89. The number of rotatable bonds is 7. The fourth-order valence-corrected chi connectivity index (χ4v) is 5.54. The third-order valence-electron chi connectivity index (χ3n) is 6.24. The topological polar surface area (TPSA) is 80.2 Å². The molecule has 176 valence electrons. The zero-order valence-corrected chi connectivity index (χ0v) is 20.5. The molecule has 8 heteroatoms. The first kappa shape index (κ1) is 23.6. The molecule has 0 unspecified atom stereocenters. The van der Waals surface area contributed by atoms with Crippen LogP contribution in [0.4, 0.5) is 0 Å². The zero-order valence-electron chi connectivity index (χ0n) is 19.6. The van der Waals surface area contributed by atoms with E-state index in [9.17, 15) is 9.59 Å². The lowest BCUT2D eigenvalue weighted by Gasteiger charge is -2.37. The second-order valence-electron chi connectivity index (χ2n) is 8.58. The van der Waals surface area contributed by atoms with Crippen molar-refractivity contribution in [2.75, 3.05) is 20.3 Å². The van der Waals surface area contributed by atoms with Crippen molar-refractivity contribution in [3.8, 4) is 0 Å². The Hall–Kier alpha value is -2.58. The second-order valence-corrected chi connectivity index (χ2v) is 9.41. The molecule has 0 aromatic heterocycles. The summed E-state index contributed by atoms with van der Waals surface area (Å²) >= 11 is 1.49. The van der Waals surface area contributed by atoms with Gasteiger partial charge in [0.1, 0.15) is 0 Å². The average Bonchev–Trinajstić information content (AvgIpc) is 3.46. The Bertz CT molecular complexity index is 1040. The van der Waals surface area contributed by atoms with E-state index in [1.165, 1.54) is 18.9 Å². The van der Waals surface area contributed by atoms with Crippen molar-refractivity contribution < 1.29 is 19.1 Å². The van der Waals surface area contributed by atoms with Crippen LogP contribution in [0.1, 0.15) is 55.3 Å². The summed E-state index contributed by atoms with van der Waals surface area (Å²) in [5.74, 6) is -0.457. The van der Waals surface area contributed by atoms with Crippen molar-refractivity contribution in [2.45, 2.75) is 58.6 Å². The van der Waals surface area contributed by atoms with Gasteiger partial charge in [0.25, 0.3) is 0 Å². The Morgan fingerprint density at radius 3 is 2.82 bits per heavy atom. The number of methoxy groups -OCH3 is 1. The number of nitrogens with zero attached hydrogens (tertiary/aromatic N) is 2. The predicted molar refractivity (Wildman–Crippen MR) is 130 cm³/mol. The van der Waals surface area contributed by atoms with Crippen LogP contribution in [0, 0.1) is 13.8 Å². The van der Waals surface area contributed by atoms with Gasteiger partial charge >= 0.3 is 5.97 Å². The third kappa shape index (κ3) is 4.87. The van der Waals surface area contributed by atoms with E-state index in [0.717, 1.165) is 52.7 Å². The summed E-state index contributed by atoms with van der Waals surface area (Å²) < 4.78 is 10.8. The fourth-order valence-electron chi connectivity index (χ4n) is 4.60. The first-order valence-electron chi connectivity index (χ1n) is 11.4. The Labute approximate surface area is 199 Å². The summed E-state index contributed by atoms with van der Waals surface area (Å²) in [5, 5.41) is 5.75. The lowest BCUT2D eigenvalue weighted by molar-refractivity contribution is -0.136. The lowest BCUT2D eigenvalue weighted by Crippen LogP contribution is -2.39. The average molecular weight is 470 g/mol. The van der Waals surface area contributed by atoms with Gasteiger partial charge in [-0.2, -0.15) is 0 Å². The number of nitrogens with one attached hydrogen (secondary N) is 1. The van der Waals surface area contributed by atoms with Gasteiger partial charge in [-0.3, -0.25) is 4.79 Å². The minimum Gasteiger partial charge on any atom is -0.466 e. The van der Waals surface area contributed by atoms with E-state index in [1.54, 1.807) is 0 Å². The zero-order chi connectivity index (χ0) is 23.5. The highest BCUT2D eigenvalue weighted by Gasteiger charge is 2.42. The molecule has 3 heterocycles. The second kappa shape index (κ2) is 10.1. The molecular formula is C25H31N3O4S. The first-order chi connectivity index (χ1) is 15.9. The van der Waals surface area contributed by atoms with Crippen LogP contribution in [-0.2, 0) is 19.1 Å². The van der Waals surface area contributed by atoms with Crippen molar-refractivity contribution in [2.24, 2.45) is 4.99 Å². The maximum atomic E-state index is 13.0. The van der Waals surface area contributed by atoms with Gasteiger partial charge in [-0.05, 0) is 49.6 Å². The number of benzene rings is 1. The molecule has 1 amide bonds. The van der Waals surface area contributed by atoms with Crippen LogP contribution < -0.4 is 5.32 Å². The minimum atomic E-state index is -0.396. The van der Waals surface area contributed by atoms with Gasteiger partial charge in [-0.15, -0.1) is 0 Å². The third-order valence-corrected chi connectivity index (χ3v) is 7.13. The molecule has 4 rings (SSSR count). The summed E-state index contributed by atoms with van der Waals surface area (Å²) in [7, 11) is 1.40. The number of amides is 1. The molecule has 0 aliphatic carbocycles. The number of aliphatic imine (C=N–C) groups is 1. The number of thioether (sulfide) groups is 1. The molecule has 0 radical (unpaired) electrons. The molecule has 1 N–H and O–H groups in total. The van der Waals surface area contributed by atoms with Gasteiger partial charge in [-0.1, -0.05) is 42.4 Å². The number of amidine groups is 1. The monoisotopic (exact) mass is 469 g/mol. The van der Waals surface area contributed by atoms with E-state index in [2.05, 4.69) is 37.4 Å². The Morgan fingerprint density at radius 2 is 2.15 bits per heavy atom. The van der Waals surface area contributed by atoms with Gasteiger partial charge in [0.2, 0.25) is 5.91 Å². The number of hydrogen-bond donors (Lipinski definition) is 1. The number of carbonyl (C=O) groups excluding carboxylic acids is 2. The van der Waals surface area contributed by atoms with Crippen LogP contribution in [0.2, 0.25) is 0 Å². The van der Waals surface area contributed by atoms with Crippen LogP contribution in [0.5, 0.6) is 0 Å². The molecule has 3 aliphatic heterocycles. The molecule has 0 saturated carbocycles. The number of aryl methyl sites for hydroxylation is 2. The van der Waals surface area contributed by atoms with Crippen LogP contribution in [0.15, 0.2) is 45.6 Å². The van der Waals surface area contributed by atoms with Crippen molar-refractivity contribution in [3.05, 3.63) is 57.3 Å². The molecule has 33 heavy (non-hydrogen) atoms. The van der Waals surface area contributed by atoms with Gasteiger partial charge in [0, 0.05) is 18.8 Å².